The second-order valence-electron chi connectivity index (χ2n) is 3.90. The molecule has 8 nitrogen and oxygen atoms in total. The van der Waals surface area contributed by atoms with Gasteiger partial charge in [0.1, 0.15) is 12.4 Å². The number of urea groups is 1. The maximum atomic E-state index is 13.1. The molecule has 0 heterocycles. The molecule has 5 N–H and O–H groups in total. The van der Waals surface area contributed by atoms with Gasteiger partial charge in [0.25, 0.3) is 0 Å². The van der Waals surface area contributed by atoms with Crippen LogP contribution in [0.1, 0.15) is 10.4 Å². The zero-order valence-electron chi connectivity index (χ0n) is 10.9. The minimum absolute atomic E-state index is 0.0835. The van der Waals surface area contributed by atoms with E-state index in [1.165, 1.54) is 6.07 Å². The molecule has 0 spiro atoms. The summed E-state index contributed by atoms with van der Waals surface area (Å²) < 4.78 is 18.0. The fourth-order valence-corrected chi connectivity index (χ4v) is 1.35. The first kappa shape index (κ1) is 16.4. The van der Waals surface area contributed by atoms with Crippen molar-refractivity contribution in [3.8, 4) is 0 Å². The first-order chi connectivity index (χ1) is 9.90. The summed E-state index contributed by atoms with van der Waals surface area (Å²) in [7, 11) is 0. The topological polar surface area (TPSA) is 131 Å². The number of aromatic carboxylic acids is 1. The summed E-state index contributed by atoms with van der Waals surface area (Å²) in [6.07, 6.45) is 0. The molecule has 0 radical (unpaired) electrons. The number of carboxylic acid groups (broad SMARTS) is 1. The first-order valence-corrected chi connectivity index (χ1v) is 5.84. The molecule has 9 heteroatoms. The van der Waals surface area contributed by atoms with E-state index in [2.05, 4.69) is 10.6 Å². The number of carbonyl (C=O) groups excluding carboxylic acids is 2. The number of nitrogens with two attached hydrogens (primary N) is 1. The number of carboxylic acids is 1. The third-order valence-corrected chi connectivity index (χ3v) is 2.23. The summed E-state index contributed by atoms with van der Waals surface area (Å²) in [5.74, 6) is -2.95. The van der Waals surface area contributed by atoms with Gasteiger partial charge in [-0.25, -0.2) is 14.0 Å². The molecule has 0 unspecified atom stereocenters. The van der Waals surface area contributed by atoms with Crippen LogP contribution in [0.4, 0.5) is 14.9 Å². The van der Waals surface area contributed by atoms with E-state index in [1.54, 1.807) is 0 Å². The number of carbonyl (C=O) groups is 3. The Balaban J connectivity index is 2.43. The molecular weight excluding hydrogens is 285 g/mol. The summed E-state index contributed by atoms with van der Waals surface area (Å²) in [5.41, 5.74) is 4.43. The van der Waals surface area contributed by atoms with Gasteiger partial charge in [0.05, 0.1) is 12.2 Å². The molecule has 0 fully saturated rings. The highest BCUT2D eigenvalue weighted by molar-refractivity contribution is 5.93. The summed E-state index contributed by atoms with van der Waals surface area (Å²) >= 11 is 0. The molecular formula is C12H14FN3O5. The molecule has 3 amide bonds. The molecule has 0 bridgehead atoms. The van der Waals surface area contributed by atoms with Gasteiger partial charge in [-0.15, -0.1) is 0 Å². The normalized spacial score (nSPS) is 9.95. The van der Waals surface area contributed by atoms with Crippen LogP contribution in [0.25, 0.3) is 0 Å². The Morgan fingerprint density at radius 2 is 2.05 bits per heavy atom. The van der Waals surface area contributed by atoms with Crippen molar-refractivity contribution in [1.29, 1.82) is 0 Å². The average molecular weight is 299 g/mol. The number of ether oxygens (including phenoxy) is 1. The number of rotatable bonds is 7. The molecule has 0 aliphatic carbocycles. The number of amides is 3. The van der Waals surface area contributed by atoms with Crippen molar-refractivity contribution in [1.82, 2.24) is 5.32 Å². The number of benzene rings is 1. The van der Waals surface area contributed by atoms with Crippen molar-refractivity contribution in [2.75, 3.05) is 25.1 Å². The predicted octanol–water partition coefficient (Wildman–Crippen LogP) is 0.147. The molecule has 0 saturated carbocycles. The number of nitrogens with one attached hydrogen (secondary N) is 2. The molecule has 0 aliphatic rings. The Bertz CT molecular complexity index is 550. The Morgan fingerprint density at radius 1 is 1.33 bits per heavy atom. The zero-order chi connectivity index (χ0) is 15.8. The number of primary amides is 1. The highest BCUT2D eigenvalue weighted by atomic mass is 19.1. The third kappa shape index (κ3) is 5.87. The maximum Gasteiger partial charge on any atom is 0.338 e. The lowest BCUT2D eigenvalue weighted by atomic mass is 10.2. The summed E-state index contributed by atoms with van der Waals surface area (Å²) in [5, 5.41) is 13.5. The largest absolute Gasteiger partial charge is 0.478 e. The smallest absolute Gasteiger partial charge is 0.338 e. The van der Waals surface area contributed by atoms with E-state index in [0.717, 1.165) is 12.1 Å². The summed E-state index contributed by atoms with van der Waals surface area (Å²) in [4.78, 5) is 32.6. The molecule has 1 aromatic rings. The van der Waals surface area contributed by atoms with E-state index < -0.39 is 29.3 Å². The van der Waals surface area contributed by atoms with E-state index in [9.17, 15) is 18.8 Å². The van der Waals surface area contributed by atoms with Gasteiger partial charge in [-0.2, -0.15) is 0 Å². The summed E-state index contributed by atoms with van der Waals surface area (Å²) in [6.45, 7) is -0.0461. The lowest BCUT2D eigenvalue weighted by molar-refractivity contribution is -0.122. The van der Waals surface area contributed by atoms with E-state index in [1.807, 2.05) is 0 Å². The molecule has 1 aromatic carbocycles. The van der Waals surface area contributed by atoms with Crippen molar-refractivity contribution >= 4 is 23.6 Å². The van der Waals surface area contributed by atoms with Crippen LogP contribution in [0, 0.1) is 5.82 Å². The first-order valence-electron chi connectivity index (χ1n) is 5.84. The van der Waals surface area contributed by atoms with Crippen LogP contribution in [0.5, 0.6) is 0 Å². The van der Waals surface area contributed by atoms with Gasteiger partial charge in [-0.1, -0.05) is 0 Å². The highest BCUT2D eigenvalue weighted by Gasteiger charge is 2.11. The second kappa shape index (κ2) is 7.80. The van der Waals surface area contributed by atoms with Gasteiger partial charge in [-0.05, 0) is 18.2 Å². The molecule has 0 saturated heterocycles. The lowest BCUT2D eigenvalue weighted by Crippen LogP contribution is -2.32. The molecule has 0 aliphatic heterocycles. The highest BCUT2D eigenvalue weighted by Crippen LogP contribution is 2.14. The molecule has 21 heavy (non-hydrogen) atoms. The standard InChI is InChI=1S/C12H14FN3O5/c13-9-2-1-7(5-8(9)11(18)19)16-12(20)15-3-4-21-6-10(14)17/h1-2,5H,3-4,6H2,(H2,14,17)(H,18,19)(H2,15,16,20). The predicted molar refractivity (Wildman–Crippen MR) is 70.4 cm³/mol. The van der Waals surface area contributed by atoms with E-state index in [-0.39, 0.29) is 25.4 Å². The third-order valence-electron chi connectivity index (χ3n) is 2.23. The molecule has 0 atom stereocenters. The quantitative estimate of drug-likeness (QED) is 0.532. The fourth-order valence-electron chi connectivity index (χ4n) is 1.35. The SMILES string of the molecule is NC(=O)COCCNC(=O)Nc1ccc(F)c(C(=O)O)c1. The van der Waals surface area contributed by atoms with Gasteiger partial charge in [0.2, 0.25) is 5.91 Å². The zero-order valence-corrected chi connectivity index (χ0v) is 10.9. The number of halogens is 1. The molecule has 114 valence electrons. The van der Waals surface area contributed by atoms with Crippen LogP contribution >= 0.6 is 0 Å². The van der Waals surface area contributed by atoms with E-state index >= 15 is 0 Å². The Kier molecular flexibility index (Phi) is 6.08. The van der Waals surface area contributed by atoms with E-state index in [0.29, 0.717) is 0 Å². The van der Waals surface area contributed by atoms with Crippen molar-refractivity contribution in [2.45, 2.75) is 0 Å². The van der Waals surface area contributed by atoms with Crippen LogP contribution in [-0.4, -0.2) is 42.8 Å². The average Bonchev–Trinajstić information content (AvgIpc) is 2.40. The maximum absolute atomic E-state index is 13.1. The Morgan fingerprint density at radius 3 is 2.67 bits per heavy atom. The minimum Gasteiger partial charge on any atom is -0.478 e. The van der Waals surface area contributed by atoms with Crippen LogP contribution in [0.3, 0.4) is 0 Å². The fraction of sp³-hybridized carbons (Fsp3) is 0.250. The van der Waals surface area contributed by atoms with Crippen LogP contribution in [0.15, 0.2) is 18.2 Å². The van der Waals surface area contributed by atoms with Gasteiger partial charge < -0.3 is 26.2 Å². The molecule has 0 aromatic heterocycles. The number of hydrogen-bond donors (Lipinski definition) is 4. The number of anilines is 1. The van der Waals surface area contributed by atoms with Crippen molar-refractivity contribution in [2.24, 2.45) is 5.73 Å². The van der Waals surface area contributed by atoms with E-state index in [4.69, 9.17) is 15.6 Å². The second-order valence-corrected chi connectivity index (χ2v) is 3.90. The molecule has 1 rings (SSSR count). The number of hydrogen-bond acceptors (Lipinski definition) is 4. The van der Waals surface area contributed by atoms with Gasteiger partial charge in [-0.3, -0.25) is 4.79 Å². The van der Waals surface area contributed by atoms with Crippen molar-refractivity contribution < 1.29 is 28.6 Å². The van der Waals surface area contributed by atoms with Crippen LogP contribution in [0.2, 0.25) is 0 Å². The van der Waals surface area contributed by atoms with Gasteiger partial charge >= 0.3 is 12.0 Å². The van der Waals surface area contributed by atoms with Crippen LogP contribution < -0.4 is 16.4 Å². The summed E-state index contributed by atoms with van der Waals surface area (Å²) in [6, 6.07) is 2.54. The Hall–Kier alpha value is -2.68. The lowest BCUT2D eigenvalue weighted by Gasteiger charge is -2.08. The Labute approximate surface area is 119 Å². The minimum atomic E-state index is -1.43. The van der Waals surface area contributed by atoms with Crippen molar-refractivity contribution in [3.05, 3.63) is 29.6 Å². The van der Waals surface area contributed by atoms with Crippen LogP contribution in [-0.2, 0) is 9.53 Å². The van der Waals surface area contributed by atoms with Crippen molar-refractivity contribution in [3.63, 3.8) is 0 Å². The van der Waals surface area contributed by atoms with Gasteiger partial charge in [0.15, 0.2) is 0 Å². The van der Waals surface area contributed by atoms with Gasteiger partial charge in [0, 0.05) is 12.2 Å². The monoisotopic (exact) mass is 299 g/mol.